The zero-order chi connectivity index (χ0) is 18.4. The Kier molecular flexibility index (Phi) is 3.94. The second kappa shape index (κ2) is 5.83. The molecule has 1 aromatic carbocycles. The van der Waals surface area contributed by atoms with Crippen LogP contribution in [0, 0.1) is 6.92 Å². The summed E-state index contributed by atoms with van der Waals surface area (Å²) in [6.45, 7) is 1.61. The maximum atomic E-state index is 13.0. The minimum Gasteiger partial charge on any atom is -0.493 e. The molecule has 0 radical (unpaired) electrons. The van der Waals surface area contributed by atoms with Crippen LogP contribution in [-0.4, -0.2) is 28.8 Å². The topological polar surface area (TPSA) is 68.6 Å². The number of methoxy groups -OCH3 is 2. The molecule has 0 bridgehead atoms. The SMILES string of the molecule is COc1ccc(-c2c(C)nn3c(=O)cc(C(F)(F)F)[nH]c23)cc1OC. The molecule has 2 aromatic heterocycles. The lowest BCUT2D eigenvalue weighted by molar-refractivity contribution is -0.141. The number of nitrogens with one attached hydrogen (secondary N) is 1. The minimum absolute atomic E-state index is 0.0375. The van der Waals surface area contributed by atoms with E-state index in [1.54, 1.807) is 25.1 Å². The van der Waals surface area contributed by atoms with Gasteiger partial charge in [-0.05, 0) is 24.6 Å². The lowest BCUT2D eigenvalue weighted by Gasteiger charge is -2.10. The van der Waals surface area contributed by atoms with Crippen LogP contribution in [0.1, 0.15) is 11.4 Å². The average molecular weight is 353 g/mol. The van der Waals surface area contributed by atoms with Crippen molar-refractivity contribution in [2.24, 2.45) is 0 Å². The number of aromatic nitrogens is 3. The average Bonchev–Trinajstić information content (AvgIpc) is 2.90. The smallest absolute Gasteiger partial charge is 0.431 e. The van der Waals surface area contributed by atoms with Crippen molar-refractivity contribution in [1.29, 1.82) is 0 Å². The molecule has 0 unspecified atom stereocenters. The van der Waals surface area contributed by atoms with E-state index in [2.05, 4.69) is 10.1 Å². The van der Waals surface area contributed by atoms with Crippen LogP contribution in [0.4, 0.5) is 13.2 Å². The largest absolute Gasteiger partial charge is 0.493 e. The highest BCUT2D eigenvalue weighted by Crippen LogP contribution is 2.35. The van der Waals surface area contributed by atoms with Crippen LogP contribution >= 0.6 is 0 Å². The van der Waals surface area contributed by atoms with E-state index in [1.165, 1.54) is 14.2 Å². The number of alkyl halides is 3. The number of hydrogen-bond acceptors (Lipinski definition) is 4. The fraction of sp³-hybridized carbons (Fsp3) is 0.250. The van der Waals surface area contributed by atoms with Gasteiger partial charge in [-0.25, -0.2) is 0 Å². The number of benzene rings is 1. The third kappa shape index (κ3) is 2.81. The van der Waals surface area contributed by atoms with Crippen molar-refractivity contribution >= 4 is 5.65 Å². The summed E-state index contributed by atoms with van der Waals surface area (Å²) in [5.74, 6) is 0.887. The third-order valence-corrected chi connectivity index (χ3v) is 3.77. The van der Waals surface area contributed by atoms with Crippen molar-refractivity contribution in [3.05, 3.63) is 46.0 Å². The quantitative estimate of drug-likeness (QED) is 0.786. The molecule has 3 rings (SSSR count). The van der Waals surface area contributed by atoms with Crippen molar-refractivity contribution in [2.45, 2.75) is 13.1 Å². The summed E-state index contributed by atoms with van der Waals surface area (Å²) in [6.07, 6.45) is -4.67. The number of aryl methyl sites for hydroxylation is 1. The standard InChI is InChI=1S/C16H14F3N3O3/c1-8-14(9-4-5-10(24-2)11(6-9)25-3)15-20-12(16(17,18)19)7-13(23)22(15)21-8/h4-7,20H,1-3H3. The van der Waals surface area contributed by atoms with E-state index in [4.69, 9.17) is 9.47 Å². The molecule has 25 heavy (non-hydrogen) atoms. The van der Waals surface area contributed by atoms with Gasteiger partial charge in [0.05, 0.1) is 19.9 Å². The highest BCUT2D eigenvalue weighted by molar-refractivity contribution is 5.81. The zero-order valence-corrected chi connectivity index (χ0v) is 13.6. The molecule has 132 valence electrons. The number of H-pyrrole nitrogens is 1. The van der Waals surface area contributed by atoms with Crippen molar-refractivity contribution in [3.63, 3.8) is 0 Å². The molecule has 0 saturated heterocycles. The maximum Gasteiger partial charge on any atom is 0.431 e. The predicted octanol–water partition coefficient (Wildman–Crippen LogP) is 3.03. The van der Waals surface area contributed by atoms with Crippen molar-refractivity contribution in [1.82, 2.24) is 14.6 Å². The Labute approximate surface area is 139 Å². The van der Waals surface area contributed by atoms with Crippen molar-refractivity contribution in [3.8, 4) is 22.6 Å². The Morgan fingerprint density at radius 3 is 2.40 bits per heavy atom. The van der Waals surface area contributed by atoms with Gasteiger partial charge in [-0.3, -0.25) is 4.79 Å². The van der Waals surface area contributed by atoms with E-state index < -0.39 is 17.4 Å². The van der Waals surface area contributed by atoms with Gasteiger partial charge in [-0.15, -0.1) is 0 Å². The molecule has 3 aromatic rings. The number of ether oxygens (including phenoxy) is 2. The molecular weight excluding hydrogens is 339 g/mol. The minimum atomic E-state index is -4.67. The number of fused-ring (bicyclic) bond motifs is 1. The summed E-state index contributed by atoms with van der Waals surface area (Å²) >= 11 is 0. The monoisotopic (exact) mass is 353 g/mol. The number of aromatic amines is 1. The third-order valence-electron chi connectivity index (χ3n) is 3.77. The Bertz CT molecular complexity index is 1010. The molecule has 0 atom stereocenters. The predicted molar refractivity (Wildman–Crippen MR) is 84.1 cm³/mol. The van der Waals surface area contributed by atoms with Crippen LogP contribution < -0.4 is 15.0 Å². The first-order valence-corrected chi connectivity index (χ1v) is 7.18. The molecule has 0 amide bonds. The van der Waals surface area contributed by atoms with Crippen LogP contribution in [0.3, 0.4) is 0 Å². The summed E-state index contributed by atoms with van der Waals surface area (Å²) in [5.41, 5.74) is -0.712. The first kappa shape index (κ1) is 16.9. The van der Waals surface area contributed by atoms with Gasteiger partial charge in [0.2, 0.25) is 0 Å². The fourth-order valence-electron chi connectivity index (χ4n) is 2.64. The van der Waals surface area contributed by atoms with Gasteiger partial charge in [0, 0.05) is 11.6 Å². The van der Waals surface area contributed by atoms with Gasteiger partial charge in [0.1, 0.15) is 11.3 Å². The molecule has 0 aliphatic heterocycles. The number of hydrogen-bond donors (Lipinski definition) is 1. The molecule has 2 heterocycles. The lowest BCUT2D eigenvalue weighted by Crippen LogP contribution is -2.20. The second-order valence-corrected chi connectivity index (χ2v) is 5.31. The number of halogens is 3. The van der Waals surface area contributed by atoms with Gasteiger partial charge in [-0.1, -0.05) is 6.07 Å². The van der Waals surface area contributed by atoms with Gasteiger partial charge < -0.3 is 14.5 Å². The first-order valence-electron chi connectivity index (χ1n) is 7.18. The summed E-state index contributed by atoms with van der Waals surface area (Å²) < 4.78 is 50.3. The lowest BCUT2D eigenvalue weighted by atomic mass is 10.1. The zero-order valence-electron chi connectivity index (χ0n) is 13.6. The van der Waals surface area contributed by atoms with Gasteiger partial charge >= 0.3 is 6.18 Å². The van der Waals surface area contributed by atoms with Crippen LogP contribution in [0.2, 0.25) is 0 Å². The van der Waals surface area contributed by atoms with Gasteiger partial charge in [-0.2, -0.15) is 22.8 Å². The maximum absolute atomic E-state index is 13.0. The van der Waals surface area contributed by atoms with Gasteiger partial charge in [0.15, 0.2) is 11.5 Å². The fourth-order valence-corrected chi connectivity index (χ4v) is 2.64. The summed E-state index contributed by atoms with van der Waals surface area (Å²) in [4.78, 5) is 14.3. The Morgan fingerprint density at radius 2 is 1.80 bits per heavy atom. The molecule has 0 spiro atoms. The molecule has 0 fully saturated rings. The van der Waals surface area contributed by atoms with E-state index in [9.17, 15) is 18.0 Å². The van der Waals surface area contributed by atoms with Crippen molar-refractivity contribution < 1.29 is 22.6 Å². The van der Waals surface area contributed by atoms with E-state index in [-0.39, 0.29) is 5.65 Å². The molecule has 0 aliphatic rings. The van der Waals surface area contributed by atoms with Crippen LogP contribution in [0.5, 0.6) is 11.5 Å². The molecule has 9 heteroatoms. The Morgan fingerprint density at radius 1 is 1.12 bits per heavy atom. The summed E-state index contributed by atoms with van der Waals surface area (Å²) in [5, 5.41) is 4.04. The number of nitrogens with zero attached hydrogens (tertiary/aromatic N) is 2. The molecular formula is C16H14F3N3O3. The van der Waals surface area contributed by atoms with Crippen LogP contribution in [0.15, 0.2) is 29.1 Å². The highest BCUT2D eigenvalue weighted by Gasteiger charge is 2.33. The molecule has 6 nitrogen and oxygen atoms in total. The highest BCUT2D eigenvalue weighted by atomic mass is 19.4. The Hall–Kier alpha value is -2.97. The van der Waals surface area contributed by atoms with E-state index in [1.807, 2.05) is 0 Å². The van der Waals surface area contributed by atoms with Crippen molar-refractivity contribution in [2.75, 3.05) is 14.2 Å². The Balaban J connectivity index is 2.31. The van der Waals surface area contributed by atoms with Crippen LogP contribution in [-0.2, 0) is 6.18 Å². The van der Waals surface area contributed by atoms with E-state index in [0.29, 0.717) is 34.4 Å². The molecule has 0 aliphatic carbocycles. The molecule has 0 saturated carbocycles. The normalized spacial score (nSPS) is 11.8. The van der Waals surface area contributed by atoms with E-state index >= 15 is 0 Å². The van der Waals surface area contributed by atoms with Crippen LogP contribution in [0.25, 0.3) is 16.8 Å². The van der Waals surface area contributed by atoms with Gasteiger partial charge in [0.25, 0.3) is 5.56 Å². The second-order valence-electron chi connectivity index (χ2n) is 5.31. The number of rotatable bonds is 3. The summed E-state index contributed by atoms with van der Waals surface area (Å²) in [7, 11) is 2.93. The first-order chi connectivity index (χ1) is 11.8. The van der Waals surface area contributed by atoms with E-state index in [0.717, 1.165) is 4.52 Å². The summed E-state index contributed by atoms with van der Waals surface area (Å²) in [6, 6.07) is 5.38. The molecule has 1 N–H and O–H groups in total.